The van der Waals surface area contributed by atoms with Crippen LogP contribution in [0, 0.1) is 0 Å². The lowest BCUT2D eigenvalue weighted by atomic mass is 10.1. The molecular weight excluding hydrogens is 311 g/mol. The molecule has 3 rings (SSSR count). The molecule has 1 aromatic heterocycles. The molecule has 1 aliphatic carbocycles. The van der Waals surface area contributed by atoms with Crippen LogP contribution in [-0.2, 0) is 12.8 Å². The van der Waals surface area contributed by atoms with Crippen LogP contribution in [-0.4, -0.2) is 11.1 Å². The van der Waals surface area contributed by atoms with Crippen molar-refractivity contribution in [1.29, 1.82) is 0 Å². The lowest BCUT2D eigenvalue weighted by Crippen LogP contribution is -2.14. The third-order valence-electron chi connectivity index (χ3n) is 3.59. The Morgan fingerprint density at radius 2 is 2.00 bits per heavy atom. The van der Waals surface area contributed by atoms with Gasteiger partial charge in [0.25, 0.3) is 5.91 Å². The van der Waals surface area contributed by atoms with Gasteiger partial charge in [-0.1, -0.05) is 34.8 Å². The SMILES string of the molecule is O=C(Nc1ccc(Cl)cc1Cl)c1noc2c1CCCCC2. The highest BCUT2D eigenvalue weighted by atomic mass is 35.5. The maximum Gasteiger partial charge on any atom is 0.278 e. The first kappa shape index (κ1) is 14.4. The molecule has 0 saturated carbocycles. The molecule has 4 nitrogen and oxygen atoms in total. The fourth-order valence-corrected chi connectivity index (χ4v) is 2.97. The Morgan fingerprint density at radius 1 is 1.19 bits per heavy atom. The average Bonchev–Trinajstić information content (AvgIpc) is 2.71. The Labute approximate surface area is 132 Å². The van der Waals surface area contributed by atoms with Gasteiger partial charge in [-0.15, -0.1) is 0 Å². The summed E-state index contributed by atoms with van der Waals surface area (Å²) in [4.78, 5) is 12.4. The number of nitrogens with one attached hydrogen (secondary N) is 1. The van der Waals surface area contributed by atoms with Crippen LogP contribution in [0.3, 0.4) is 0 Å². The van der Waals surface area contributed by atoms with Gasteiger partial charge in [0.2, 0.25) is 0 Å². The Bertz CT molecular complexity index is 682. The van der Waals surface area contributed by atoms with Gasteiger partial charge in [-0.05, 0) is 37.5 Å². The number of anilines is 1. The topological polar surface area (TPSA) is 55.1 Å². The van der Waals surface area contributed by atoms with Crippen LogP contribution in [0.2, 0.25) is 10.0 Å². The fourth-order valence-electron chi connectivity index (χ4n) is 2.51. The van der Waals surface area contributed by atoms with Gasteiger partial charge in [-0.2, -0.15) is 0 Å². The first-order valence-corrected chi connectivity index (χ1v) is 7.64. The molecule has 6 heteroatoms. The van der Waals surface area contributed by atoms with Crippen LogP contribution in [0.5, 0.6) is 0 Å². The fraction of sp³-hybridized carbons (Fsp3) is 0.333. The summed E-state index contributed by atoms with van der Waals surface area (Å²) in [6.07, 6.45) is 4.95. The number of halogens is 2. The summed E-state index contributed by atoms with van der Waals surface area (Å²) in [5.74, 6) is 0.533. The summed E-state index contributed by atoms with van der Waals surface area (Å²) in [5.41, 5.74) is 1.80. The van der Waals surface area contributed by atoms with Gasteiger partial charge in [0.15, 0.2) is 5.69 Å². The Morgan fingerprint density at radius 3 is 2.81 bits per heavy atom. The van der Waals surface area contributed by atoms with E-state index in [-0.39, 0.29) is 5.91 Å². The normalized spacial score (nSPS) is 14.4. The number of fused-ring (bicyclic) bond motifs is 1. The molecule has 0 spiro atoms. The highest BCUT2D eigenvalue weighted by Gasteiger charge is 2.23. The zero-order valence-electron chi connectivity index (χ0n) is 11.3. The maximum atomic E-state index is 12.4. The summed E-state index contributed by atoms with van der Waals surface area (Å²) in [6.45, 7) is 0. The summed E-state index contributed by atoms with van der Waals surface area (Å²) < 4.78 is 5.31. The number of carbonyl (C=O) groups excluding carboxylic acids is 1. The molecule has 1 N–H and O–H groups in total. The molecular formula is C15H14Cl2N2O2. The van der Waals surface area contributed by atoms with E-state index in [0.29, 0.717) is 21.4 Å². The minimum absolute atomic E-state index is 0.300. The van der Waals surface area contributed by atoms with Crippen LogP contribution in [0.15, 0.2) is 22.7 Å². The van der Waals surface area contributed by atoms with E-state index in [1.807, 2.05) is 0 Å². The number of aromatic nitrogens is 1. The highest BCUT2D eigenvalue weighted by molar-refractivity contribution is 6.36. The second-order valence-corrected chi connectivity index (χ2v) is 5.92. The quantitative estimate of drug-likeness (QED) is 0.827. The Balaban J connectivity index is 1.84. The van der Waals surface area contributed by atoms with Gasteiger partial charge in [0.05, 0.1) is 10.7 Å². The largest absolute Gasteiger partial charge is 0.360 e. The smallest absolute Gasteiger partial charge is 0.278 e. The van der Waals surface area contributed by atoms with E-state index >= 15 is 0 Å². The van der Waals surface area contributed by atoms with Gasteiger partial charge in [0.1, 0.15) is 5.76 Å². The van der Waals surface area contributed by atoms with Gasteiger partial charge in [-0.3, -0.25) is 4.79 Å². The predicted octanol–water partition coefficient (Wildman–Crippen LogP) is 4.50. The lowest BCUT2D eigenvalue weighted by molar-refractivity contribution is 0.101. The third kappa shape index (κ3) is 3.06. The number of hydrogen-bond donors (Lipinski definition) is 1. The van der Waals surface area contributed by atoms with E-state index in [9.17, 15) is 4.79 Å². The number of rotatable bonds is 2. The Hall–Kier alpha value is -1.52. The van der Waals surface area contributed by atoms with E-state index < -0.39 is 0 Å². The molecule has 2 aromatic rings. The van der Waals surface area contributed by atoms with Crippen LogP contribution in [0.1, 0.15) is 41.1 Å². The number of nitrogens with zero attached hydrogens (tertiary/aromatic N) is 1. The van der Waals surface area contributed by atoms with Crippen molar-refractivity contribution in [3.05, 3.63) is 45.3 Å². The predicted molar refractivity (Wildman–Crippen MR) is 82.2 cm³/mol. The molecule has 0 radical (unpaired) electrons. The van der Waals surface area contributed by atoms with E-state index in [1.165, 1.54) is 0 Å². The van der Waals surface area contributed by atoms with Crippen LogP contribution < -0.4 is 5.32 Å². The average molecular weight is 325 g/mol. The molecule has 0 unspecified atom stereocenters. The van der Waals surface area contributed by atoms with E-state index in [1.54, 1.807) is 18.2 Å². The van der Waals surface area contributed by atoms with E-state index in [2.05, 4.69) is 10.5 Å². The Kier molecular flexibility index (Phi) is 4.17. The van der Waals surface area contributed by atoms with Crippen LogP contribution >= 0.6 is 23.2 Å². The minimum atomic E-state index is -0.300. The molecule has 0 atom stereocenters. The first-order valence-electron chi connectivity index (χ1n) is 6.89. The van der Waals surface area contributed by atoms with Crippen molar-refractivity contribution in [2.45, 2.75) is 32.1 Å². The van der Waals surface area contributed by atoms with E-state index in [4.69, 9.17) is 27.7 Å². The monoisotopic (exact) mass is 324 g/mol. The standard InChI is InChI=1S/C15H14Cl2N2O2/c16-9-6-7-12(11(17)8-9)18-15(20)14-10-4-2-1-3-5-13(10)21-19-14/h6-8H,1-5H2,(H,18,20). The third-order valence-corrected chi connectivity index (χ3v) is 4.14. The molecule has 0 aliphatic heterocycles. The van der Waals surface area contributed by atoms with Crippen molar-refractivity contribution in [3.8, 4) is 0 Å². The molecule has 0 bridgehead atoms. The van der Waals surface area contributed by atoms with Crippen LogP contribution in [0.25, 0.3) is 0 Å². The van der Waals surface area contributed by atoms with Crippen molar-refractivity contribution in [2.75, 3.05) is 5.32 Å². The van der Waals surface area contributed by atoms with Crippen molar-refractivity contribution in [3.63, 3.8) is 0 Å². The zero-order valence-corrected chi connectivity index (χ0v) is 12.8. The molecule has 110 valence electrons. The summed E-state index contributed by atoms with van der Waals surface area (Å²) in [7, 11) is 0. The molecule has 0 fully saturated rings. The van der Waals surface area contributed by atoms with Gasteiger partial charge < -0.3 is 9.84 Å². The molecule has 0 saturated heterocycles. The van der Waals surface area contributed by atoms with Crippen molar-refractivity contribution < 1.29 is 9.32 Å². The number of carbonyl (C=O) groups is 1. The summed E-state index contributed by atoms with van der Waals surface area (Å²) in [5, 5.41) is 7.60. The highest BCUT2D eigenvalue weighted by Crippen LogP contribution is 2.27. The van der Waals surface area contributed by atoms with Gasteiger partial charge in [0, 0.05) is 17.0 Å². The minimum Gasteiger partial charge on any atom is -0.360 e. The van der Waals surface area contributed by atoms with Crippen LogP contribution in [0.4, 0.5) is 5.69 Å². The zero-order chi connectivity index (χ0) is 14.8. The number of amides is 1. The van der Waals surface area contributed by atoms with Gasteiger partial charge >= 0.3 is 0 Å². The molecule has 1 aromatic carbocycles. The molecule has 1 amide bonds. The van der Waals surface area contributed by atoms with Gasteiger partial charge in [-0.25, -0.2) is 0 Å². The summed E-state index contributed by atoms with van der Waals surface area (Å²) >= 11 is 11.9. The number of benzene rings is 1. The lowest BCUT2D eigenvalue weighted by Gasteiger charge is -2.06. The molecule has 1 aliphatic rings. The second kappa shape index (κ2) is 6.08. The van der Waals surface area contributed by atoms with Crippen molar-refractivity contribution in [2.24, 2.45) is 0 Å². The number of hydrogen-bond acceptors (Lipinski definition) is 3. The summed E-state index contributed by atoms with van der Waals surface area (Å²) in [6, 6.07) is 4.93. The van der Waals surface area contributed by atoms with Crippen molar-refractivity contribution >= 4 is 34.8 Å². The molecule has 21 heavy (non-hydrogen) atoms. The number of aryl methyl sites for hydroxylation is 1. The maximum absolute atomic E-state index is 12.4. The van der Waals surface area contributed by atoms with E-state index in [0.717, 1.165) is 43.4 Å². The second-order valence-electron chi connectivity index (χ2n) is 5.07. The van der Waals surface area contributed by atoms with Crippen molar-refractivity contribution in [1.82, 2.24) is 5.16 Å². The first-order chi connectivity index (χ1) is 10.1. The molecule has 1 heterocycles.